The van der Waals surface area contributed by atoms with E-state index in [4.69, 9.17) is 20.6 Å². The number of aliphatic hydroxyl groups excluding tert-OH is 1. The van der Waals surface area contributed by atoms with Crippen LogP contribution in [-0.2, 0) is 20.9 Å². The van der Waals surface area contributed by atoms with E-state index < -0.39 is 24.0 Å². The van der Waals surface area contributed by atoms with Crippen molar-refractivity contribution < 1.29 is 24.2 Å². The highest BCUT2D eigenvalue weighted by Gasteiger charge is 2.38. The minimum Gasteiger partial charge on any atom is -0.497 e. The fourth-order valence-electron chi connectivity index (χ4n) is 3.07. The molecule has 158 valence electrons. The molecule has 0 saturated carbocycles. The highest BCUT2D eigenvalue weighted by Crippen LogP contribution is 2.18. The monoisotopic (exact) mass is 412 g/mol. The van der Waals surface area contributed by atoms with Gasteiger partial charge in [0, 0.05) is 24.3 Å². The van der Waals surface area contributed by atoms with E-state index >= 15 is 0 Å². The summed E-state index contributed by atoms with van der Waals surface area (Å²) >= 11 is 0. The Bertz CT molecular complexity index is 914. The van der Waals surface area contributed by atoms with Crippen LogP contribution in [0.5, 0.6) is 5.75 Å². The van der Waals surface area contributed by atoms with E-state index in [9.17, 15) is 14.7 Å². The molecule has 1 unspecified atom stereocenters. The summed E-state index contributed by atoms with van der Waals surface area (Å²) in [6, 6.07) is 13.6. The minimum absolute atomic E-state index is 0.0916. The Morgan fingerprint density at radius 1 is 1.30 bits per heavy atom. The third-order valence-electron chi connectivity index (χ3n) is 4.77. The molecule has 3 rings (SSSR count). The van der Waals surface area contributed by atoms with Gasteiger partial charge in [-0.1, -0.05) is 12.1 Å². The zero-order chi connectivity index (χ0) is 21.7. The van der Waals surface area contributed by atoms with E-state index in [2.05, 4.69) is 5.32 Å². The predicted octanol–water partition coefficient (Wildman–Crippen LogP) is 0.706. The van der Waals surface area contributed by atoms with Crippen molar-refractivity contribution in [3.05, 3.63) is 59.7 Å². The van der Waals surface area contributed by atoms with Crippen LogP contribution in [-0.4, -0.2) is 60.1 Å². The smallest absolute Gasteiger partial charge is 0.256 e. The highest BCUT2D eigenvalue weighted by molar-refractivity contribution is 5.99. The second-order valence-corrected chi connectivity index (χ2v) is 6.82. The van der Waals surface area contributed by atoms with E-state index in [1.54, 1.807) is 48.4 Å². The van der Waals surface area contributed by atoms with E-state index in [0.29, 0.717) is 30.1 Å². The lowest BCUT2D eigenvalue weighted by atomic mass is 10.1. The normalized spacial score (nSPS) is 17.3. The Kier molecular flexibility index (Phi) is 6.65. The largest absolute Gasteiger partial charge is 0.497 e. The Hall–Kier alpha value is -3.43. The van der Waals surface area contributed by atoms with Crippen LogP contribution in [0.15, 0.2) is 48.5 Å². The number of amides is 2. The van der Waals surface area contributed by atoms with Gasteiger partial charge >= 0.3 is 0 Å². The Labute approximate surface area is 173 Å². The number of nitrogens with zero attached hydrogens (tertiary/aromatic N) is 1. The van der Waals surface area contributed by atoms with Gasteiger partial charge in [-0.15, -0.1) is 0 Å². The molecule has 2 atom stereocenters. The van der Waals surface area contributed by atoms with Gasteiger partial charge in [0.15, 0.2) is 12.2 Å². The van der Waals surface area contributed by atoms with Gasteiger partial charge in [-0.25, -0.2) is 0 Å². The standard InChI is InChI=1S/C21H24N4O5/c1-29-16-8-2-13(3-9-16)12-25-10-11-30-18(21(25)28)17(26)20(27)24-15-6-4-14(5-7-15)19(22)23/h2-9,17-18,26H,10-12H2,1H3,(H3,22,23)(H,24,27)/t17?,18-/m1/s1. The average Bonchev–Trinajstić information content (AvgIpc) is 2.75. The van der Waals surface area contributed by atoms with Crippen molar-refractivity contribution in [1.82, 2.24) is 4.90 Å². The van der Waals surface area contributed by atoms with Gasteiger partial charge < -0.3 is 30.5 Å². The predicted molar refractivity (Wildman–Crippen MR) is 110 cm³/mol. The number of carbonyl (C=O) groups excluding carboxylic acids is 2. The van der Waals surface area contributed by atoms with Crippen LogP contribution < -0.4 is 15.8 Å². The number of nitrogens with two attached hydrogens (primary N) is 1. The molecular formula is C21H24N4O5. The summed E-state index contributed by atoms with van der Waals surface area (Å²) in [5.41, 5.74) is 7.21. The SMILES string of the molecule is COc1ccc(CN2CCO[C@H](C(O)C(=O)Nc3ccc(C(=N)N)cc3)C2=O)cc1. The van der Waals surface area contributed by atoms with Crippen molar-refractivity contribution in [2.45, 2.75) is 18.8 Å². The number of methoxy groups -OCH3 is 1. The zero-order valence-electron chi connectivity index (χ0n) is 16.5. The molecule has 0 aliphatic carbocycles. The molecule has 2 aromatic carbocycles. The van der Waals surface area contributed by atoms with Crippen molar-refractivity contribution in [3.63, 3.8) is 0 Å². The summed E-state index contributed by atoms with van der Waals surface area (Å²) in [4.78, 5) is 26.7. The quantitative estimate of drug-likeness (QED) is 0.390. The maximum atomic E-state index is 12.8. The van der Waals surface area contributed by atoms with E-state index in [-0.39, 0.29) is 12.4 Å². The molecule has 9 nitrogen and oxygen atoms in total. The lowest BCUT2D eigenvalue weighted by Gasteiger charge is -2.34. The van der Waals surface area contributed by atoms with Crippen LogP contribution in [0.4, 0.5) is 5.69 Å². The first-order valence-corrected chi connectivity index (χ1v) is 9.35. The van der Waals surface area contributed by atoms with Crippen LogP contribution in [0.3, 0.4) is 0 Å². The molecule has 2 aromatic rings. The third-order valence-corrected chi connectivity index (χ3v) is 4.77. The number of carbonyl (C=O) groups is 2. The Balaban J connectivity index is 1.62. The second-order valence-electron chi connectivity index (χ2n) is 6.82. The van der Waals surface area contributed by atoms with Gasteiger partial charge in [0.25, 0.3) is 11.8 Å². The van der Waals surface area contributed by atoms with Gasteiger partial charge in [-0.3, -0.25) is 15.0 Å². The van der Waals surface area contributed by atoms with Crippen LogP contribution in [0.1, 0.15) is 11.1 Å². The second kappa shape index (κ2) is 9.38. The maximum absolute atomic E-state index is 12.8. The molecule has 0 spiro atoms. The zero-order valence-corrected chi connectivity index (χ0v) is 16.5. The first-order chi connectivity index (χ1) is 14.4. The molecule has 1 aliphatic rings. The van der Waals surface area contributed by atoms with Crippen molar-refractivity contribution in [3.8, 4) is 5.75 Å². The number of amidine groups is 1. The Morgan fingerprint density at radius 3 is 2.57 bits per heavy atom. The molecule has 0 aromatic heterocycles. The van der Waals surface area contributed by atoms with E-state index in [0.717, 1.165) is 5.56 Å². The number of ether oxygens (including phenoxy) is 2. The number of rotatable bonds is 7. The highest BCUT2D eigenvalue weighted by atomic mass is 16.5. The molecule has 5 N–H and O–H groups in total. The third kappa shape index (κ3) is 4.94. The number of nitrogen functional groups attached to an aromatic ring is 1. The molecule has 1 heterocycles. The van der Waals surface area contributed by atoms with E-state index in [1.807, 2.05) is 12.1 Å². The molecule has 1 fully saturated rings. The van der Waals surface area contributed by atoms with Crippen molar-refractivity contribution in [2.75, 3.05) is 25.6 Å². The first-order valence-electron chi connectivity index (χ1n) is 9.35. The van der Waals surface area contributed by atoms with Gasteiger partial charge in [-0.05, 0) is 42.0 Å². The number of aliphatic hydroxyl groups is 1. The summed E-state index contributed by atoms with van der Waals surface area (Å²) in [5, 5.41) is 20.3. The van der Waals surface area contributed by atoms with Crippen molar-refractivity contribution >= 4 is 23.3 Å². The molecule has 1 aliphatic heterocycles. The van der Waals surface area contributed by atoms with Gasteiger partial charge in [0.2, 0.25) is 0 Å². The summed E-state index contributed by atoms with van der Waals surface area (Å²) in [6.45, 7) is 0.913. The summed E-state index contributed by atoms with van der Waals surface area (Å²) in [5.74, 6) is -0.582. The minimum atomic E-state index is -1.66. The van der Waals surface area contributed by atoms with Crippen LogP contribution in [0.2, 0.25) is 0 Å². The molecule has 0 radical (unpaired) electrons. The molecule has 0 bridgehead atoms. The molecule has 9 heteroatoms. The first kappa shape index (κ1) is 21.3. The summed E-state index contributed by atoms with van der Waals surface area (Å²) < 4.78 is 10.5. The van der Waals surface area contributed by atoms with Crippen molar-refractivity contribution in [2.24, 2.45) is 5.73 Å². The number of hydrogen-bond donors (Lipinski definition) is 4. The van der Waals surface area contributed by atoms with Gasteiger partial charge in [-0.2, -0.15) is 0 Å². The van der Waals surface area contributed by atoms with Gasteiger partial charge in [0.05, 0.1) is 13.7 Å². The lowest BCUT2D eigenvalue weighted by Crippen LogP contribution is -2.54. The fourth-order valence-corrected chi connectivity index (χ4v) is 3.07. The number of morpholine rings is 1. The maximum Gasteiger partial charge on any atom is 0.256 e. The molecular weight excluding hydrogens is 388 g/mol. The number of hydrogen-bond acceptors (Lipinski definition) is 6. The fraction of sp³-hybridized carbons (Fsp3) is 0.286. The number of benzene rings is 2. The lowest BCUT2D eigenvalue weighted by molar-refractivity contribution is -0.166. The summed E-state index contributed by atoms with van der Waals surface area (Å²) in [6.07, 6.45) is -2.95. The molecule has 1 saturated heterocycles. The number of nitrogens with one attached hydrogen (secondary N) is 2. The van der Waals surface area contributed by atoms with Crippen molar-refractivity contribution in [1.29, 1.82) is 5.41 Å². The van der Waals surface area contributed by atoms with Gasteiger partial charge in [0.1, 0.15) is 11.6 Å². The van der Waals surface area contributed by atoms with Crippen LogP contribution in [0.25, 0.3) is 0 Å². The van der Waals surface area contributed by atoms with Crippen LogP contribution >= 0.6 is 0 Å². The molecule has 2 amide bonds. The average molecular weight is 412 g/mol. The van der Waals surface area contributed by atoms with E-state index in [1.165, 1.54) is 0 Å². The Morgan fingerprint density at radius 2 is 1.97 bits per heavy atom. The summed E-state index contributed by atoms with van der Waals surface area (Å²) in [7, 11) is 1.58. The topological polar surface area (TPSA) is 138 Å². The molecule has 30 heavy (non-hydrogen) atoms. The van der Waals surface area contributed by atoms with Crippen LogP contribution in [0, 0.1) is 5.41 Å². The number of anilines is 1.